The van der Waals surface area contributed by atoms with Gasteiger partial charge in [0.2, 0.25) is 0 Å². The molecule has 0 fully saturated rings. The lowest BCUT2D eigenvalue weighted by Gasteiger charge is -2.20. The highest BCUT2D eigenvalue weighted by Crippen LogP contribution is 2.35. The van der Waals surface area contributed by atoms with Crippen LogP contribution in [0.4, 0.5) is 5.69 Å². The van der Waals surface area contributed by atoms with E-state index in [1.807, 2.05) is 0 Å². The molecule has 0 saturated carbocycles. The van der Waals surface area contributed by atoms with Crippen LogP contribution in [0.15, 0.2) is 36.4 Å². The minimum absolute atomic E-state index is 0.0758. The number of halogens is 1. The second kappa shape index (κ2) is 9.05. The highest BCUT2D eigenvalue weighted by atomic mass is 35.5. The summed E-state index contributed by atoms with van der Waals surface area (Å²) in [6.07, 6.45) is -0.548. The van der Waals surface area contributed by atoms with Gasteiger partial charge in [-0.05, 0) is 17.7 Å². The predicted octanol–water partition coefficient (Wildman–Crippen LogP) is 1.88. The van der Waals surface area contributed by atoms with Crippen molar-refractivity contribution in [2.45, 2.75) is 12.5 Å². The molecule has 2 rings (SSSR count). The summed E-state index contributed by atoms with van der Waals surface area (Å²) in [7, 11) is 2.62. The first-order chi connectivity index (χ1) is 13.3. The summed E-state index contributed by atoms with van der Waals surface area (Å²) in [5.74, 6) is -2.09. The SMILES string of the molecule is COc1cc(C(=O)N[C@@H](CC(=O)[O-])c2cccc(Cl)c2)c([N+](=O)[O-])cc1OC. The van der Waals surface area contributed by atoms with Crippen molar-refractivity contribution < 1.29 is 29.1 Å². The van der Waals surface area contributed by atoms with Crippen LogP contribution >= 0.6 is 11.6 Å². The molecule has 0 aromatic heterocycles. The van der Waals surface area contributed by atoms with E-state index in [2.05, 4.69) is 5.32 Å². The van der Waals surface area contributed by atoms with Crippen LogP contribution < -0.4 is 19.9 Å². The molecule has 0 saturated heterocycles. The molecule has 0 bridgehead atoms. The molecule has 2 aromatic carbocycles. The van der Waals surface area contributed by atoms with Gasteiger partial charge in [-0.3, -0.25) is 14.9 Å². The Balaban J connectivity index is 2.45. The molecule has 0 radical (unpaired) electrons. The van der Waals surface area contributed by atoms with E-state index >= 15 is 0 Å². The molecule has 0 unspecified atom stereocenters. The van der Waals surface area contributed by atoms with Gasteiger partial charge in [0.25, 0.3) is 11.6 Å². The number of benzene rings is 2. The number of hydrogen-bond donors (Lipinski definition) is 1. The average molecular weight is 408 g/mol. The zero-order valence-electron chi connectivity index (χ0n) is 14.9. The molecule has 148 valence electrons. The minimum Gasteiger partial charge on any atom is -0.550 e. The van der Waals surface area contributed by atoms with Crippen molar-refractivity contribution >= 4 is 29.2 Å². The molecule has 2 aromatic rings. The van der Waals surface area contributed by atoms with E-state index in [9.17, 15) is 24.8 Å². The molecule has 0 heterocycles. The summed E-state index contributed by atoms with van der Waals surface area (Å²) < 4.78 is 10.1. The lowest BCUT2D eigenvalue weighted by atomic mass is 10.0. The molecule has 28 heavy (non-hydrogen) atoms. The third kappa shape index (κ3) is 4.89. The van der Waals surface area contributed by atoms with Crippen molar-refractivity contribution in [2.75, 3.05) is 14.2 Å². The number of amides is 1. The zero-order chi connectivity index (χ0) is 20.8. The maximum Gasteiger partial charge on any atom is 0.286 e. The number of nitrogens with one attached hydrogen (secondary N) is 1. The van der Waals surface area contributed by atoms with Crippen molar-refractivity contribution in [1.29, 1.82) is 0 Å². The summed E-state index contributed by atoms with van der Waals surface area (Å²) in [6, 6.07) is 7.43. The summed E-state index contributed by atoms with van der Waals surface area (Å²) in [6.45, 7) is 0. The maximum absolute atomic E-state index is 12.7. The minimum atomic E-state index is -1.41. The van der Waals surface area contributed by atoms with Crippen LogP contribution in [0.5, 0.6) is 11.5 Å². The van der Waals surface area contributed by atoms with E-state index in [0.29, 0.717) is 10.6 Å². The van der Waals surface area contributed by atoms with Crippen LogP contribution in [-0.4, -0.2) is 31.0 Å². The Hall–Kier alpha value is -3.33. The Morgan fingerprint density at radius 1 is 1.18 bits per heavy atom. The Bertz CT molecular complexity index is 917. The Morgan fingerprint density at radius 3 is 2.36 bits per heavy atom. The van der Waals surface area contributed by atoms with Crippen molar-refractivity contribution in [3.8, 4) is 11.5 Å². The molecule has 10 heteroatoms. The van der Waals surface area contributed by atoms with Gasteiger partial charge in [-0.15, -0.1) is 0 Å². The van der Waals surface area contributed by atoms with Gasteiger partial charge in [0.05, 0.1) is 31.3 Å². The smallest absolute Gasteiger partial charge is 0.286 e. The Kier molecular flexibility index (Phi) is 6.78. The molecule has 0 aliphatic rings. The number of methoxy groups -OCH3 is 2. The van der Waals surface area contributed by atoms with E-state index in [4.69, 9.17) is 21.1 Å². The number of carbonyl (C=O) groups is 2. The fourth-order valence-electron chi connectivity index (χ4n) is 2.58. The fourth-order valence-corrected chi connectivity index (χ4v) is 2.78. The van der Waals surface area contributed by atoms with E-state index in [0.717, 1.165) is 12.1 Å². The number of nitro groups is 1. The maximum atomic E-state index is 12.7. The van der Waals surface area contributed by atoms with Crippen molar-refractivity contribution in [1.82, 2.24) is 5.32 Å². The molecular formula is C18H16ClN2O7-. The van der Waals surface area contributed by atoms with Crippen molar-refractivity contribution in [3.05, 3.63) is 62.7 Å². The number of hydrogen-bond acceptors (Lipinski definition) is 7. The topological polar surface area (TPSA) is 131 Å². The third-order valence-corrected chi connectivity index (χ3v) is 4.11. The van der Waals surface area contributed by atoms with Gasteiger partial charge < -0.3 is 24.7 Å². The predicted molar refractivity (Wildman–Crippen MR) is 97.5 cm³/mol. The van der Waals surface area contributed by atoms with Gasteiger partial charge in [0, 0.05) is 23.5 Å². The average Bonchev–Trinajstić information content (AvgIpc) is 2.65. The first-order valence-electron chi connectivity index (χ1n) is 7.93. The summed E-state index contributed by atoms with van der Waals surface area (Å²) in [4.78, 5) is 34.5. The van der Waals surface area contributed by atoms with Gasteiger partial charge in [-0.2, -0.15) is 0 Å². The normalized spacial score (nSPS) is 11.4. The first-order valence-corrected chi connectivity index (χ1v) is 8.31. The quantitative estimate of drug-likeness (QED) is 0.522. The van der Waals surface area contributed by atoms with Gasteiger partial charge >= 0.3 is 0 Å². The molecule has 0 spiro atoms. The van der Waals surface area contributed by atoms with Gasteiger partial charge in [0.1, 0.15) is 5.56 Å². The number of carbonyl (C=O) groups excluding carboxylic acids is 2. The number of aliphatic carboxylic acids is 1. The van der Waals surface area contributed by atoms with Crippen LogP contribution in [0.1, 0.15) is 28.4 Å². The number of rotatable bonds is 8. The van der Waals surface area contributed by atoms with E-state index in [-0.39, 0.29) is 17.1 Å². The summed E-state index contributed by atoms with van der Waals surface area (Å²) in [5.41, 5.74) is -0.422. The van der Waals surface area contributed by atoms with Crippen LogP contribution in [-0.2, 0) is 4.79 Å². The molecule has 1 amide bonds. The van der Waals surface area contributed by atoms with Crippen molar-refractivity contribution in [2.24, 2.45) is 0 Å². The first kappa shape index (κ1) is 21.0. The van der Waals surface area contributed by atoms with E-state index < -0.39 is 34.9 Å². The molecule has 9 nitrogen and oxygen atoms in total. The molecule has 0 aliphatic carbocycles. The van der Waals surface area contributed by atoms with Crippen LogP contribution in [0.3, 0.4) is 0 Å². The van der Waals surface area contributed by atoms with Crippen LogP contribution in [0.25, 0.3) is 0 Å². The highest BCUT2D eigenvalue weighted by molar-refractivity contribution is 6.30. The van der Waals surface area contributed by atoms with Crippen LogP contribution in [0.2, 0.25) is 5.02 Å². The monoisotopic (exact) mass is 407 g/mol. The zero-order valence-corrected chi connectivity index (χ0v) is 15.7. The van der Waals surface area contributed by atoms with E-state index in [1.165, 1.54) is 20.3 Å². The Morgan fingerprint density at radius 2 is 1.82 bits per heavy atom. The standard InChI is InChI=1S/C18H17ClN2O7/c1-27-15-7-12(14(21(25)26)9-16(15)28-2)18(24)20-13(8-17(22)23)10-4-3-5-11(19)6-10/h3-7,9,13H,8H2,1-2H3,(H,20,24)(H,22,23)/p-1/t13-/m0/s1. The van der Waals surface area contributed by atoms with Crippen molar-refractivity contribution in [3.63, 3.8) is 0 Å². The summed E-state index contributed by atoms with van der Waals surface area (Å²) >= 11 is 5.92. The van der Waals surface area contributed by atoms with E-state index in [1.54, 1.807) is 18.2 Å². The fraction of sp³-hybridized carbons (Fsp3) is 0.222. The van der Waals surface area contributed by atoms with Gasteiger partial charge in [-0.25, -0.2) is 0 Å². The molecule has 1 N–H and O–H groups in total. The highest BCUT2D eigenvalue weighted by Gasteiger charge is 2.26. The Labute approximate surface area is 165 Å². The van der Waals surface area contributed by atoms with Gasteiger partial charge in [-0.1, -0.05) is 23.7 Å². The number of nitrogens with zero attached hydrogens (tertiary/aromatic N) is 1. The molecular weight excluding hydrogens is 392 g/mol. The van der Waals surface area contributed by atoms with Crippen LogP contribution in [0, 0.1) is 10.1 Å². The number of nitro benzene ring substituents is 1. The second-order valence-corrected chi connectivity index (χ2v) is 6.08. The lowest BCUT2D eigenvalue weighted by molar-refractivity contribution is -0.385. The van der Waals surface area contributed by atoms with Gasteiger partial charge in [0.15, 0.2) is 11.5 Å². The second-order valence-electron chi connectivity index (χ2n) is 5.64. The number of ether oxygens (including phenoxy) is 2. The largest absolute Gasteiger partial charge is 0.550 e. The molecule has 1 atom stereocenters. The lowest BCUT2D eigenvalue weighted by Crippen LogP contribution is -2.34. The third-order valence-electron chi connectivity index (χ3n) is 3.87. The number of carboxylic acid groups (broad SMARTS) is 1. The molecule has 0 aliphatic heterocycles. The number of carboxylic acids is 1. The summed E-state index contributed by atoms with van der Waals surface area (Å²) in [5, 5.41) is 25.3.